The summed E-state index contributed by atoms with van der Waals surface area (Å²) in [4.78, 5) is 0. The van der Waals surface area contributed by atoms with Crippen molar-refractivity contribution in [1.29, 1.82) is 0 Å². The van der Waals surface area contributed by atoms with Gasteiger partial charge in [0.1, 0.15) is 0 Å². The summed E-state index contributed by atoms with van der Waals surface area (Å²) in [6.45, 7) is 4.33. The second-order valence-electron chi connectivity index (χ2n) is 3.61. The summed E-state index contributed by atoms with van der Waals surface area (Å²) >= 11 is 0. The zero-order valence-corrected chi connectivity index (χ0v) is 9.81. The first-order chi connectivity index (χ1) is 6.25. The van der Waals surface area contributed by atoms with Crippen LogP contribution in [0.4, 0.5) is 0 Å². The van der Waals surface area contributed by atoms with Crippen molar-refractivity contribution in [3.8, 4) is 0 Å². The lowest BCUT2D eigenvalue weighted by molar-refractivity contribution is 0.601. The molecule has 0 radical (unpaired) electrons. The molecule has 2 N–H and O–H groups in total. The van der Waals surface area contributed by atoms with Crippen LogP contribution >= 0.6 is 12.4 Å². The fraction of sp³-hybridized carbons (Fsp3) is 0.500. The molecule has 0 saturated heterocycles. The van der Waals surface area contributed by atoms with Crippen molar-refractivity contribution < 1.29 is 0 Å². The Hall–Kier alpha value is -0.530. The van der Waals surface area contributed by atoms with E-state index in [4.69, 9.17) is 5.73 Å². The Morgan fingerprint density at radius 3 is 2.50 bits per heavy atom. The first-order valence-corrected chi connectivity index (χ1v) is 5.06. The number of nitrogens with two attached hydrogens (primary N) is 1. The van der Waals surface area contributed by atoms with Gasteiger partial charge in [0.25, 0.3) is 0 Å². The average molecular weight is 214 g/mol. The normalized spacial score (nSPS) is 11.9. The van der Waals surface area contributed by atoms with Crippen LogP contribution in [0, 0.1) is 6.92 Å². The van der Waals surface area contributed by atoms with Crippen LogP contribution in [-0.4, -0.2) is 0 Å². The standard InChI is InChI=1S/C12H19N.ClH/c1-3-4-9-12(13)11-8-6-5-7-10(11)2;/h5-8,12H,3-4,9,13H2,1-2H3;1H/t12-;/m0./s1. The van der Waals surface area contributed by atoms with Gasteiger partial charge in [-0.2, -0.15) is 0 Å². The summed E-state index contributed by atoms with van der Waals surface area (Å²) in [6, 6.07) is 8.61. The highest BCUT2D eigenvalue weighted by molar-refractivity contribution is 5.85. The second kappa shape index (κ2) is 6.86. The molecule has 0 saturated carbocycles. The van der Waals surface area contributed by atoms with Crippen LogP contribution in [-0.2, 0) is 0 Å². The molecular formula is C12H20ClN. The van der Waals surface area contributed by atoms with Crippen LogP contribution in [0.1, 0.15) is 43.4 Å². The van der Waals surface area contributed by atoms with Crippen molar-refractivity contribution in [3.63, 3.8) is 0 Å². The van der Waals surface area contributed by atoms with Crippen LogP contribution < -0.4 is 5.73 Å². The number of halogens is 1. The van der Waals surface area contributed by atoms with E-state index in [1.807, 2.05) is 0 Å². The topological polar surface area (TPSA) is 26.0 Å². The number of hydrogen-bond acceptors (Lipinski definition) is 1. The Bertz CT molecular complexity index is 260. The molecule has 0 aliphatic carbocycles. The third-order valence-electron chi connectivity index (χ3n) is 2.46. The number of rotatable bonds is 4. The lowest BCUT2D eigenvalue weighted by atomic mass is 9.98. The Labute approximate surface area is 93.1 Å². The van der Waals surface area contributed by atoms with E-state index in [0.29, 0.717) is 0 Å². The number of hydrogen-bond donors (Lipinski definition) is 1. The van der Waals surface area contributed by atoms with Gasteiger partial charge in [-0.1, -0.05) is 44.0 Å². The minimum atomic E-state index is 0. The molecule has 1 rings (SSSR count). The van der Waals surface area contributed by atoms with Gasteiger partial charge >= 0.3 is 0 Å². The van der Waals surface area contributed by atoms with Crippen molar-refractivity contribution in [1.82, 2.24) is 0 Å². The number of benzene rings is 1. The molecule has 0 spiro atoms. The van der Waals surface area contributed by atoms with E-state index in [-0.39, 0.29) is 18.4 Å². The molecule has 0 amide bonds. The minimum Gasteiger partial charge on any atom is -0.324 e. The number of unbranched alkanes of at least 4 members (excludes halogenated alkanes) is 1. The van der Waals surface area contributed by atoms with Crippen molar-refractivity contribution in [2.75, 3.05) is 0 Å². The van der Waals surface area contributed by atoms with Crippen LogP contribution in [0.3, 0.4) is 0 Å². The third kappa shape index (κ3) is 3.69. The molecule has 1 aromatic carbocycles. The highest BCUT2D eigenvalue weighted by Crippen LogP contribution is 2.19. The zero-order chi connectivity index (χ0) is 9.68. The van der Waals surface area contributed by atoms with E-state index in [1.54, 1.807) is 0 Å². The third-order valence-corrected chi connectivity index (χ3v) is 2.46. The monoisotopic (exact) mass is 213 g/mol. The number of aryl methyl sites for hydroxylation is 1. The Balaban J connectivity index is 0.00000169. The predicted octanol–water partition coefficient (Wildman–Crippen LogP) is 3.61. The predicted molar refractivity (Wildman–Crippen MR) is 64.9 cm³/mol. The minimum absolute atomic E-state index is 0. The quantitative estimate of drug-likeness (QED) is 0.813. The summed E-state index contributed by atoms with van der Waals surface area (Å²) in [5.41, 5.74) is 8.69. The van der Waals surface area contributed by atoms with Gasteiger partial charge in [-0.3, -0.25) is 0 Å². The van der Waals surface area contributed by atoms with Crippen molar-refractivity contribution >= 4 is 12.4 Å². The molecule has 0 bridgehead atoms. The molecule has 14 heavy (non-hydrogen) atoms. The maximum absolute atomic E-state index is 6.08. The van der Waals surface area contributed by atoms with Crippen LogP contribution in [0.15, 0.2) is 24.3 Å². The van der Waals surface area contributed by atoms with Gasteiger partial charge in [-0.15, -0.1) is 12.4 Å². The summed E-state index contributed by atoms with van der Waals surface area (Å²) in [5.74, 6) is 0. The lowest BCUT2D eigenvalue weighted by Crippen LogP contribution is -2.11. The van der Waals surface area contributed by atoms with Gasteiger partial charge in [-0.05, 0) is 24.5 Å². The van der Waals surface area contributed by atoms with Crippen molar-refractivity contribution in [2.45, 2.75) is 39.2 Å². The van der Waals surface area contributed by atoms with Gasteiger partial charge in [0.05, 0.1) is 0 Å². The summed E-state index contributed by atoms with van der Waals surface area (Å²) in [6.07, 6.45) is 3.54. The molecule has 0 fully saturated rings. The summed E-state index contributed by atoms with van der Waals surface area (Å²) < 4.78 is 0. The van der Waals surface area contributed by atoms with Gasteiger partial charge in [-0.25, -0.2) is 0 Å². The van der Waals surface area contributed by atoms with Crippen molar-refractivity contribution in [3.05, 3.63) is 35.4 Å². The van der Waals surface area contributed by atoms with Gasteiger partial charge in [0.15, 0.2) is 0 Å². The van der Waals surface area contributed by atoms with E-state index in [2.05, 4.69) is 38.1 Å². The molecule has 0 aromatic heterocycles. The van der Waals surface area contributed by atoms with Crippen LogP contribution in [0.25, 0.3) is 0 Å². The molecular weight excluding hydrogens is 194 g/mol. The molecule has 0 aliphatic rings. The largest absolute Gasteiger partial charge is 0.324 e. The molecule has 0 unspecified atom stereocenters. The summed E-state index contributed by atoms with van der Waals surface area (Å²) in [7, 11) is 0. The fourth-order valence-electron chi connectivity index (χ4n) is 1.58. The molecule has 2 heteroatoms. The van der Waals surface area contributed by atoms with E-state index in [9.17, 15) is 0 Å². The van der Waals surface area contributed by atoms with E-state index in [1.165, 1.54) is 24.0 Å². The van der Waals surface area contributed by atoms with Gasteiger partial charge in [0, 0.05) is 6.04 Å². The highest BCUT2D eigenvalue weighted by Gasteiger charge is 2.06. The van der Waals surface area contributed by atoms with Crippen LogP contribution in [0.5, 0.6) is 0 Å². The smallest absolute Gasteiger partial charge is 0.0297 e. The molecule has 1 atom stereocenters. The Morgan fingerprint density at radius 1 is 1.29 bits per heavy atom. The van der Waals surface area contributed by atoms with Gasteiger partial charge < -0.3 is 5.73 Å². The Morgan fingerprint density at radius 2 is 1.93 bits per heavy atom. The second-order valence-corrected chi connectivity index (χ2v) is 3.61. The van der Waals surface area contributed by atoms with Crippen LogP contribution in [0.2, 0.25) is 0 Å². The van der Waals surface area contributed by atoms with Crippen molar-refractivity contribution in [2.24, 2.45) is 5.73 Å². The highest BCUT2D eigenvalue weighted by atomic mass is 35.5. The lowest BCUT2D eigenvalue weighted by Gasteiger charge is -2.13. The molecule has 80 valence electrons. The SMILES string of the molecule is CCCC[C@H](N)c1ccccc1C.Cl. The summed E-state index contributed by atoms with van der Waals surface area (Å²) in [5, 5.41) is 0. The van der Waals surface area contributed by atoms with E-state index < -0.39 is 0 Å². The molecule has 1 aromatic rings. The first kappa shape index (κ1) is 13.5. The fourth-order valence-corrected chi connectivity index (χ4v) is 1.58. The van der Waals surface area contributed by atoms with Gasteiger partial charge in [0.2, 0.25) is 0 Å². The molecule has 1 nitrogen and oxygen atoms in total. The Kier molecular flexibility index (Phi) is 6.60. The average Bonchev–Trinajstić information content (AvgIpc) is 2.15. The molecule has 0 heterocycles. The molecule has 0 aliphatic heterocycles. The maximum Gasteiger partial charge on any atom is 0.0297 e. The van der Waals surface area contributed by atoms with E-state index >= 15 is 0 Å². The van der Waals surface area contributed by atoms with E-state index in [0.717, 1.165) is 6.42 Å². The first-order valence-electron chi connectivity index (χ1n) is 5.06. The zero-order valence-electron chi connectivity index (χ0n) is 8.99. The maximum atomic E-state index is 6.08.